The fourth-order valence-corrected chi connectivity index (χ4v) is 2.24. The summed E-state index contributed by atoms with van der Waals surface area (Å²) in [6.07, 6.45) is 2.03. The summed E-state index contributed by atoms with van der Waals surface area (Å²) in [5, 5.41) is 3.64. The largest absolute Gasteiger partial charge is 0.310 e. The Hall–Kier alpha value is -0.600. The van der Waals surface area contributed by atoms with Crippen molar-refractivity contribution in [3.63, 3.8) is 0 Å². The molecule has 1 nitrogen and oxygen atoms in total. The normalized spacial score (nSPS) is 13.7. The first-order valence-electron chi connectivity index (χ1n) is 6.52. The minimum absolute atomic E-state index is 0.123. The third-order valence-corrected chi connectivity index (χ3v) is 3.39. The Kier molecular flexibility index (Phi) is 5.61. The predicted molar refractivity (Wildman–Crippen MR) is 76.5 cm³/mol. The summed E-state index contributed by atoms with van der Waals surface area (Å²) in [7, 11) is 0. The lowest BCUT2D eigenvalue weighted by Crippen LogP contribution is -2.23. The Labute approximate surface area is 115 Å². The van der Waals surface area contributed by atoms with E-state index in [2.05, 4.69) is 33.0 Å². The number of rotatable bonds is 5. The van der Waals surface area contributed by atoms with Gasteiger partial charge < -0.3 is 5.32 Å². The molecule has 0 radical (unpaired) electrons. The summed E-state index contributed by atoms with van der Waals surface area (Å²) in [4.78, 5) is 0. The monoisotopic (exact) mass is 271 g/mol. The molecule has 102 valence electrons. The molecule has 0 saturated carbocycles. The summed E-state index contributed by atoms with van der Waals surface area (Å²) in [5.41, 5.74) is 1.13. The Morgan fingerprint density at radius 1 is 1.33 bits per heavy atom. The number of halogens is 2. The van der Waals surface area contributed by atoms with Crippen LogP contribution in [0.1, 0.15) is 52.1 Å². The maximum atomic E-state index is 13.5. The number of benzene rings is 1. The van der Waals surface area contributed by atoms with E-state index < -0.39 is 0 Å². The number of hydrogen-bond donors (Lipinski definition) is 1. The van der Waals surface area contributed by atoms with E-state index in [0.29, 0.717) is 0 Å². The molecule has 0 aliphatic carbocycles. The summed E-state index contributed by atoms with van der Waals surface area (Å²) in [6.45, 7) is 9.54. The third-order valence-electron chi connectivity index (χ3n) is 2.99. The van der Waals surface area contributed by atoms with Gasteiger partial charge in [-0.05, 0) is 36.4 Å². The Bertz CT molecular complexity index is 385. The molecule has 0 aliphatic rings. The molecule has 1 N–H and O–H groups in total. The summed E-state index contributed by atoms with van der Waals surface area (Å²) >= 11 is 6.06. The van der Waals surface area contributed by atoms with Crippen LogP contribution in [0.15, 0.2) is 18.2 Å². The maximum absolute atomic E-state index is 13.5. The molecule has 1 aromatic carbocycles. The van der Waals surface area contributed by atoms with Crippen LogP contribution in [0.5, 0.6) is 0 Å². The molecule has 0 spiro atoms. The van der Waals surface area contributed by atoms with Crippen LogP contribution in [-0.4, -0.2) is 6.54 Å². The molecule has 1 atom stereocenters. The van der Waals surface area contributed by atoms with Crippen LogP contribution in [0.4, 0.5) is 4.39 Å². The molecule has 0 amide bonds. The van der Waals surface area contributed by atoms with Crippen molar-refractivity contribution in [3.05, 3.63) is 34.6 Å². The maximum Gasteiger partial charge on any atom is 0.142 e. The highest BCUT2D eigenvalue weighted by Crippen LogP contribution is 2.31. The fourth-order valence-electron chi connectivity index (χ4n) is 1.98. The zero-order chi connectivity index (χ0) is 13.8. The van der Waals surface area contributed by atoms with Crippen LogP contribution < -0.4 is 5.32 Å². The minimum Gasteiger partial charge on any atom is -0.310 e. The third kappa shape index (κ3) is 4.58. The number of hydrogen-bond acceptors (Lipinski definition) is 1. The van der Waals surface area contributed by atoms with Crippen LogP contribution in [0.25, 0.3) is 0 Å². The highest BCUT2D eigenvalue weighted by atomic mass is 35.5. The van der Waals surface area contributed by atoms with E-state index in [1.807, 2.05) is 6.07 Å². The molecule has 0 aliphatic heterocycles. The van der Waals surface area contributed by atoms with Crippen molar-refractivity contribution in [2.45, 2.75) is 46.6 Å². The highest BCUT2D eigenvalue weighted by molar-refractivity contribution is 6.31. The number of nitrogens with one attached hydrogen (secondary N) is 1. The summed E-state index contributed by atoms with van der Waals surface area (Å²) < 4.78 is 13.5. The first-order chi connectivity index (χ1) is 8.35. The van der Waals surface area contributed by atoms with Gasteiger partial charge in [-0.1, -0.05) is 51.4 Å². The van der Waals surface area contributed by atoms with Crippen LogP contribution in [0.2, 0.25) is 5.02 Å². The van der Waals surface area contributed by atoms with E-state index in [9.17, 15) is 4.39 Å². The van der Waals surface area contributed by atoms with E-state index in [1.54, 1.807) is 6.07 Å². The second-order valence-electron chi connectivity index (χ2n) is 5.85. The molecular weight excluding hydrogens is 249 g/mol. The molecule has 1 aromatic rings. The topological polar surface area (TPSA) is 12.0 Å². The van der Waals surface area contributed by atoms with Crippen molar-refractivity contribution in [3.8, 4) is 0 Å². The van der Waals surface area contributed by atoms with E-state index in [0.717, 1.165) is 24.9 Å². The zero-order valence-electron chi connectivity index (χ0n) is 11.7. The van der Waals surface area contributed by atoms with Crippen molar-refractivity contribution in [2.24, 2.45) is 5.41 Å². The van der Waals surface area contributed by atoms with Crippen LogP contribution in [0.3, 0.4) is 0 Å². The standard InChI is InChI=1S/C15H23ClFN/c1-5-18-13(9-10-15(2,3)4)11-7-6-8-12(17)14(11)16/h6-8,13,18H,5,9-10H2,1-4H3. The van der Waals surface area contributed by atoms with Gasteiger partial charge in [-0.25, -0.2) is 4.39 Å². The molecule has 0 saturated heterocycles. The lowest BCUT2D eigenvalue weighted by atomic mass is 9.87. The Morgan fingerprint density at radius 3 is 2.56 bits per heavy atom. The SMILES string of the molecule is CCNC(CCC(C)(C)C)c1cccc(F)c1Cl. The molecule has 0 bridgehead atoms. The lowest BCUT2D eigenvalue weighted by molar-refractivity contribution is 0.333. The van der Waals surface area contributed by atoms with Gasteiger partial charge in [0, 0.05) is 6.04 Å². The fraction of sp³-hybridized carbons (Fsp3) is 0.600. The van der Waals surface area contributed by atoms with Crippen LogP contribution in [-0.2, 0) is 0 Å². The van der Waals surface area contributed by atoms with Gasteiger partial charge >= 0.3 is 0 Å². The smallest absolute Gasteiger partial charge is 0.142 e. The van der Waals surface area contributed by atoms with Crippen molar-refractivity contribution in [2.75, 3.05) is 6.54 Å². The van der Waals surface area contributed by atoms with Gasteiger partial charge in [-0.3, -0.25) is 0 Å². The average Bonchev–Trinajstić information content (AvgIpc) is 2.27. The van der Waals surface area contributed by atoms with Gasteiger partial charge in [0.1, 0.15) is 5.82 Å². The van der Waals surface area contributed by atoms with Gasteiger partial charge in [-0.2, -0.15) is 0 Å². The first-order valence-corrected chi connectivity index (χ1v) is 6.90. The van der Waals surface area contributed by atoms with Crippen molar-refractivity contribution in [1.29, 1.82) is 0 Å². The van der Waals surface area contributed by atoms with Crippen molar-refractivity contribution < 1.29 is 4.39 Å². The molecule has 0 fully saturated rings. The van der Waals surface area contributed by atoms with Gasteiger partial charge in [0.25, 0.3) is 0 Å². The quantitative estimate of drug-likeness (QED) is 0.798. The van der Waals surface area contributed by atoms with Crippen LogP contribution in [0, 0.1) is 11.2 Å². The van der Waals surface area contributed by atoms with Gasteiger partial charge in [0.15, 0.2) is 0 Å². The molecule has 1 unspecified atom stereocenters. The molecule has 0 heterocycles. The lowest BCUT2D eigenvalue weighted by Gasteiger charge is -2.24. The Morgan fingerprint density at radius 2 is 2.00 bits per heavy atom. The molecule has 1 rings (SSSR count). The molecule has 3 heteroatoms. The van der Waals surface area contributed by atoms with Crippen molar-refractivity contribution in [1.82, 2.24) is 5.32 Å². The van der Waals surface area contributed by atoms with Gasteiger partial charge in [0.2, 0.25) is 0 Å². The predicted octanol–water partition coefficient (Wildman–Crippen LogP) is 4.96. The van der Waals surface area contributed by atoms with E-state index in [-0.39, 0.29) is 22.3 Å². The van der Waals surface area contributed by atoms with Gasteiger partial charge in [0.05, 0.1) is 5.02 Å². The van der Waals surface area contributed by atoms with Crippen molar-refractivity contribution >= 4 is 11.6 Å². The van der Waals surface area contributed by atoms with Crippen LogP contribution >= 0.6 is 11.6 Å². The highest BCUT2D eigenvalue weighted by Gasteiger charge is 2.19. The van der Waals surface area contributed by atoms with E-state index >= 15 is 0 Å². The van der Waals surface area contributed by atoms with E-state index in [1.165, 1.54) is 6.07 Å². The van der Waals surface area contributed by atoms with Gasteiger partial charge in [-0.15, -0.1) is 0 Å². The molecule has 18 heavy (non-hydrogen) atoms. The summed E-state index contributed by atoms with van der Waals surface area (Å²) in [6, 6.07) is 5.15. The second-order valence-corrected chi connectivity index (χ2v) is 6.23. The average molecular weight is 272 g/mol. The molecule has 0 aromatic heterocycles. The molecular formula is C15H23ClFN. The zero-order valence-corrected chi connectivity index (χ0v) is 12.4. The minimum atomic E-state index is -0.340. The Balaban J connectivity index is 2.87. The first kappa shape index (κ1) is 15.5. The second kappa shape index (κ2) is 6.53. The summed E-state index contributed by atoms with van der Waals surface area (Å²) in [5.74, 6) is -0.340. The van der Waals surface area contributed by atoms with E-state index in [4.69, 9.17) is 11.6 Å².